The Morgan fingerprint density at radius 2 is 2.23 bits per heavy atom. The molecule has 3 N–H and O–H groups in total. The Kier molecular flexibility index (Phi) is 5.95. The van der Waals surface area contributed by atoms with E-state index in [-0.39, 0.29) is 23.8 Å². The van der Waals surface area contributed by atoms with E-state index < -0.39 is 30.0 Å². The molecule has 0 unspecified atom stereocenters. The summed E-state index contributed by atoms with van der Waals surface area (Å²) in [6.07, 6.45) is 1.04. The second-order valence-electron chi connectivity index (χ2n) is 7.12. The van der Waals surface area contributed by atoms with Gasteiger partial charge < -0.3 is 15.8 Å². The number of aliphatic imine (C=N–C) groups is 1. The minimum absolute atomic E-state index is 0.168. The van der Waals surface area contributed by atoms with Gasteiger partial charge in [-0.15, -0.1) is 0 Å². The first kappa shape index (κ1) is 21.0. The molecule has 0 aliphatic carbocycles. The monoisotopic (exact) mass is 452 g/mol. The van der Waals surface area contributed by atoms with Gasteiger partial charge in [0.1, 0.15) is 18.2 Å². The number of pyridine rings is 1. The maximum absolute atomic E-state index is 15.0. The van der Waals surface area contributed by atoms with Crippen LogP contribution in [0.3, 0.4) is 0 Å². The zero-order chi connectivity index (χ0) is 21.3. The zero-order valence-electron chi connectivity index (χ0n) is 15.8. The van der Waals surface area contributed by atoms with Crippen molar-refractivity contribution in [2.45, 2.75) is 18.1 Å². The fraction of sp³-hybridized carbons (Fsp3) is 0.350. The van der Waals surface area contributed by atoms with Gasteiger partial charge in [0, 0.05) is 42.1 Å². The van der Waals surface area contributed by atoms with Crippen LogP contribution in [0.1, 0.15) is 22.5 Å². The number of nitrogens with two attached hydrogens (primary N) is 1. The smallest absolute Gasteiger partial charge is 0.274 e. The van der Waals surface area contributed by atoms with Crippen molar-refractivity contribution in [1.29, 1.82) is 0 Å². The van der Waals surface area contributed by atoms with Gasteiger partial charge in [-0.2, -0.15) is 0 Å². The molecule has 1 saturated heterocycles. The van der Waals surface area contributed by atoms with Crippen LogP contribution in [0.4, 0.5) is 14.5 Å². The lowest BCUT2D eigenvalue weighted by molar-refractivity contribution is -0.0714. The van der Waals surface area contributed by atoms with E-state index in [1.54, 1.807) is 6.07 Å². The average Bonchev–Trinajstić information content (AvgIpc) is 2.74. The number of nitrogens with zero attached hydrogens (tertiary/aromatic N) is 2. The number of rotatable bonds is 4. The molecule has 0 saturated carbocycles. The van der Waals surface area contributed by atoms with Crippen molar-refractivity contribution < 1.29 is 18.3 Å². The Hall–Kier alpha value is -2.23. The van der Waals surface area contributed by atoms with E-state index in [0.717, 1.165) is 0 Å². The molecule has 1 amide bonds. The summed E-state index contributed by atoms with van der Waals surface area (Å²) in [5, 5.41) is 3.45. The molecule has 0 bridgehead atoms. The first-order valence-electron chi connectivity index (χ1n) is 9.31. The van der Waals surface area contributed by atoms with E-state index >= 15 is 0 Å². The van der Waals surface area contributed by atoms with E-state index in [1.165, 1.54) is 42.2 Å². The highest BCUT2D eigenvalue weighted by Crippen LogP contribution is 2.48. The van der Waals surface area contributed by atoms with Crippen LogP contribution >= 0.6 is 23.4 Å². The second-order valence-corrected chi connectivity index (χ2v) is 8.59. The van der Waals surface area contributed by atoms with Gasteiger partial charge in [-0.05, 0) is 30.3 Å². The molecule has 4 rings (SSSR count). The third-order valence-corrected chi connectivity index (χ3v) is 6.54. The van der Waals surface area contributed by atoms with Crippen LogP contribution < -0.4 is 11.1 Å². The Labute approximate surface area is 181 Å². The molecule has 3 heterocycles. The van der Waals surface area contributed by atoms with Crippen LogP contribution in [-0.2, 0) is 10.3 Å². The number of amides is 1. The first-order chi connectivity index (χ1) is 14.4. The van der Waals surface area contributed by atoms with Crippen LogP contribution in [0.15, 0.2) is 41.5 Å². The molecular formula is C20H19ClF2N4O2S. The van der Waals surface area contributed by atoms with Gasteiger partial charge in [0.15, 0.2) is 5.17 Å². The summed E-state index contributed by atoms with van der Waals surface area (Å²) in [6.45, 7) is -0.458. The highest BCUT2D eigenvalue weighted by Gasteiger charge is 2.51. The van der Waals surface area contributed by atoms with Gasteiger partial charge in [0.2, 0.25) is 0 Å². The standard InChI is InChI=1S/C20H19ClF2N4O2S/c21-11-1-4-16(25-9-11)18(28)26-12-2-3-15(23)13(7-12)20-5-6-29-17(8-22)14(20)10-30-19(24)27-20/h1-4,7,9,14,17H,5-6,8,10H2,(H2,24,27)(H,26,28)/t14-,17-,20-/m1/s1. The largest absolute Gasteiger partial charge is 0.379 e. The van der Waals surface area contributed by atoms with Crippen molar-refractivity contribution in [1.82, 2.24) is 4.98 Å². The molecule has 0 radical (unpaired) electrons. The molecule has 3 atom stereocenters. The molecule has 1 aromatic carbocycles. The van der Waals surface area contributed by atoms with E-state index in [0.29, 0.717) is 28.1 Å². The highest BCUT2D eigenvalue weighted by atomic mass is 35.5. The average molecular weight is 453 g/mol. The van der Waals surface area contributed by atoms with E-state index in [2.05, 4.69) is 15.3 Å². The number of carbonyl (C=O) groups is 1. The van der Waals surface area contributed by atoms with E-state index in [4.69, 9.17) is 22.1 Å². The number of aromatic nitrogens is 1. The van der Waals surface area contributed by atoms with Crippen LogP contribution in [0, 0.1) is 11.7 Å². The summed E-state index contributed by atoms with van der Waals surface area (Å²) in [5.41, 5.74) is 5.73. The van der Waals surface area contributed by atoms with Crippen LogP contribution in [0.5, 0.6) is 0 Å². The second kappa shape index (κ2) is 8.49. The number of anilines is 1. The summed E-state index contributed by atoms with van der Waals surface area (Å²) in [7, 11) is 0. The molecule has 2 aliphatic heterocycles. The molecule has 1 fully saturated rings. The lowest BCUT2D eigenvalue weighted by Gasteiger charge is -2.47. The van der Waals surface area contributed by atoms with Gasteiger partial charge in [0.25, 0.3) is 5.91 Å². The molecule has 10 heteroatoms. The molecule has 2 aromatic rings. The third kappa shape index (κ3) is 3.89. The lowest BCUT2D eigenvalue weighted by Crippen LogP contribution is -2.52. The first-order valence-corrected chi connectivity index (χ1v) is 10.7. The van der Waals surface area contributed by atoms with E-state index in [9.17, 15) is 13.6 Å². The van der Waals surface area contributed by atoms with Crippen molar-refractivity contribution in [2.24, 2.45) is 16.6 Å². The summed E-state index contributed by atoms with van der Waals surface area (Å²) in [6, 6.07) is 7.29. The molecule has 0 spiro atoms. The van der Waals surface area contributed by atoms with Crippen molar-refractivity contribution in [3.8, 4) is 0 Å². The number of fused-ring (bicyclic) bond motifs is 1. The number of amidine groups is 1. The topological polar surface area (TPSA) is 89.6 Å². The number of ether oxygens (including phenoxy) is 1. The van der Waals surface area contributed by atoms with Crippen LogP contribution in [0.25, 0.3) is 0 Å². The van der Waals surface area contributed by atoms with Crippen molar-refractivity contribution >= 4 is 40.1 Å². The Morgan fingerprint density at radius 1 is 1.40 bits per heavy atom. The number of halogens is 3. The maximum atomic E-state index is 15.0. The molecule has 6 nitrogen and oxygen atoms in total. The summed E-state index contributed by atoms with van der Waals surface area (Å²) < 4.78 is 34.2. The molecule has 30 heavy (non-hydrogen) atoms. The van der Waals surface area contributed by atoms with Crippen molar-refractivity contribution in [3.05, 3.63) is 58.6 Å². The Bertz CT molecular complexity index is 991. The van der Waals surface area contributed by atoms with Crippen LogP contribution in [0.2, 0.25) is 5.02 Å². The highest BCUT2D eigenvalue weighted by molar-refractivity contribution is 8.13. The quantitative estimate of drug-likeness (QED) is 0.737. The van der Waals surface area contributed by atoms with Gasteiger partial charge in [0.05, 0.1) is 16.7 Å². The van der Waals surface area contributed by atoms with Gasteiger partial charge in [-0.25, -0.2) is 13.8 Å². The number of hydrogen-bond acceptors (Lipinski definition) is 6. The van der Waals surface area contributed by atoms with E-state index in [1.807, 2.05) is 0 Å². The Balaban J connectivity index is 1.70. The zero-order valence-corrected chi connectivity index (χ0v) is 17.4. The van der Waals surface area contributed by atoms with Crippen LogP contribution in [-0.4, -0.2) is 41.2 Å². The number of nitrogens with one attached hydrogen (secondary N) is 1. The molecule has 158 valence electrons. The molecule has 1 aromatic heterocycles. The summed E-state index contributed by atoms with van der Waals surface area (Å²) >= 11 is 7.11. The molecule has 2 aliphatic rings. The lowest BCUT2D eigenvalue weighted by atomic mass is 9.72. The summed E-state index contributed by atoms with van der Waals surface area (Å²) in [5.74, 6) is -0.874. The van der Waals surface area contributed by atoms with Gasteiger partial charge >= 0.3 is 0 Å². The minimum atomic E-state index is -1.05. The number of thioether (sulfide) groups is 1. The predicted octanol–water partition coefficient (Wildman–Crippen LogP) is 3.76. The number of alkyl halides is 1. The normalized spacial score (nSPS) is 25.9. The Morgan fingerprint density at radius 3 is 2.97 bits per heavy atom. The van der Waals surface area contributed by atoms with Gasteiger partial charge in [-0.1, -0.05) is 23.4 Å². The number of carbonyl (C=O) groups excluding carboxylic acids is 1. The SMILES string of the molecule is NC1=N[C@@]2(c3cc(NC(=O)c4ccc(Cl)cn4)ccc3F)CCO[C@H](CF)[C@H]2CS1. The number of hydrogen-bond donors (Lipinski definition) is 2. The van der Waals surface area contributed by atoms with Gasteiger partial charge in [-0.3, -0.25) is 9.79 Å². The third-order valence-electron chi connectivity index (χ3n) is 5.40. The predicted molar refractivity (Wildman–Crippen MR) is 113 cm³/mol. The minimum Gasteiger partial charge on any atom is -0.379 e. The molecular weight excluding hydrogens is 434 g/mol. The summed E-state index contributed by atoms with van der Waals surface area (Å²) in [4.78, 5) is 21.1. The fourth-order valence-corrected chi connectivity index (χ4v) is 5.13. The van der Waals surface area contributed by atoms with Crippen molar-refractivity contribution in [3.63, 3.8) is 0 Å². The maximum Gasteiger partial charge on any atom is 0.274 e. The van der Waals surface area contributed by atoms with Crippen molar-refractivity contribution in [2.75, 3.05) is 24.4 Å². The fourth-order valence-electron chi connectivity index (χ4n) is 3.95. The number of benzene rings is 1.